The number of ether oxygens (including phenoxy) is 4. The molecule has 0 amide bonds. The molecule has 0 saturated heterocycles. The van der Waals surface area contributed by atoms with Gasteiger partial charge in [0.15, 0.2) is 12.2 Å². The van der Waals surface area contributed by atoms with Gasteiger partial charge in [-0.1, -0.05) is 305 Å². The van der Waals surface area contributed by atoms with Crippen LogP contribution in [0.5, 0.6) is 0 Å². The van der Waals surface area contributed by atoms with E-state index in [0.717, 1.165) is 108 Å². The molecule has 3 N–H and O–H groups in total. The van der Waals surface area contributed by atoms with E-state index in [0.29, 0.717) is 25.7 Å². The number of carbonyl (C=O) groups is 4. The van der Waals surface area contributed by atoms with Crippen LogP contribution in [0.4, 0.5) is 0 Å². The van der Waals surface area contributed by atoms with Gasteiger partial charge in [0.1, 0.15) is 19.3 Å². The minimum absolute atomic E-state index is 0.105. The standard InChI is InChI=1S/C70H136O17P2/c1-7-9-11-13-15-17-18-19-20-21-22-23-30-36-42-48-54-69(74)86-66(59-81-68(73)53-47-41-35-29-25-24-27-32-38-44-50-62(3)4)61-85-89(78,79)83-57-64(71)56-82-88(76,77)84-60-65(58-80-67(72)52-46-40-34-16-14-12-10-8-2)87-70(75)55-49-43-37-31-26-28-33-39-45-51-63(5)6/h62-66,71H,7-61H2,1-6H3,(H,76,77)(H,78,79)/t64-,65+,66+/m0/s1. The maximum Gasteiger partial charge on any atom is 0.472 e. The summed E-state index contributed by atoms with van der Waals surface area (Å²) >= 11 is 0. The molecule has 0 aromatic rings. The zero-order valence-corrected chi connectivity index (χ0v) is 59.5. The summed E-state index contributed by atoms with van der Waals surface area (Å²) in [6.45, 7) is 9.50. The van der Waals surface area contributed by atoms with Crippen LogP contribution in [0.1, 0.15) is 356 Å². The smallest absolute Gasteiger partial charge is 0.462 e. The summed E-state index contributed by atoms with van der Waals surface area (Å²) in [5.41, 5.74) is 0. The Labute approximate surface area is 543 Å². The van der Waals surface area contributed by atoms with E-state index >= 15 is 0 Å². The number of rotatable bonds is 69. The maximum atomic E-state index is 13.0. The van der Waals surface area contributed by atoms with Gasteiger partial charge in [-0.05, 0) is 37.5 Å². The molecule has 0 heterocycles. The molecule has 0 aromatic carbocycles. The van der Waals surface area contributed by atoms with Gasteiger partial charge < -0.3 is 33.8 Å². The molecule has 0 spiro atoms. The predicted molar refractivity (Wildman–Crippen MR) is 358 cm³/mol. The van der Waals surface area contributed by atoms with Gasteiger partial charge in [0.05, 0.1) is 26.4 Å². The zero-order valence-electron chi connectivity index (χ0n) is 57.7. The van der Waals surface area contributed by atoms with Gasteiger partial charge in [-0.25, -0.2) is 9.13 Å². The lowest BCUT2D eigenvalue weighted by Gasteiger charge is -2.21. The molecule has 0 aliphatic heterocycles. The Morgan fingerprint density at radius 2 is 0.517 bits per heavy atom. The molecule has 17 nitrogen and oxygen atoms in total. The third-order valence-electron chi connectivity index (χ3n) is 16.2. The van der Waals surface area contributed by atoms with Gasteiger partial charge in [-0.15, -0.1) is 0 Å². The first-order chi connectivity index (χ1) is 42.9. The Hall–Kier alpha value is -1.94. The molecule has 0 aliphatic carbocycles. The van der Waals surface area contributed by atoms with Crippen LogP contribution in [0.15, 0.2) is 0 Å². The molecule has 0 bridgehead atoms. The summed E-state index contributed by atoms with van der Waals surface area (Å²) in [5, 5.41) is 10.6. The summed E-state index contributed by atoms with van der Waals surface area (Å²) in [7, 11) is -9.90. The molecule has 0 aromatic heterocycles. The second-order valence-corrected chi connectivity index (χ2v) is 29.1. The quantitative estimate of drug-likeness (QED) is 0.0222. The largest absolute Gasteiger partial charge is 0.472 e. The molecule has 89 heavy (non-hydrogen) atoms. The Morgan fingerprint density at radius 3 is 0.764 bits per heavy atom. The van der Waals surface area contributed by atoms with E-state index < -0.39 is 97.5 Å². The number of phosphoric acid groups is 2. The number of phosphoric ester groups is 2. The van der Waals surface area contributed by atoms with Crippen LogP contribution >= 0.6 is 15.6 Å². The molecular formula is C70H136O17P2. The number of esters is 4. The van der Waals surface area contributed by atoms with Gasteiger partial charge in [0.2, 0.25) is 0 Å². The Balaban J connectivity index is 5.23. The number of aliphatic hydroxyl groups is 1. The highest BCUT2D eigenvalue weighted by atomic mass is 31.2. The normalized spacial score (nSPS) is 14.1. The highest BCUT2D eigenvalue weighted by Crippen LogP contribution is 2.45. The van der Waals surface area contributed by atoms with Crippen molar-refractivity contribution in [3.8, 4) is 0 Å². The van der Waals surface area contributed by atoms with Gasteiger partial charge >= 0.3 is 39.5 Å². The highest BCUT2D eigenvalue weighted by molar-refractivity contribution is 7.47. The number of carbonyl (C=O) groups excluding carboxylic acids is 4. The fourth-order valence-electron chi connectivity index (χ4n) is 10.6. The van der Waals surface area contributed by atoms with Gasteiger partial charge in [0, 0.05) is 25.7 Å². The second-order valence-electron chi connectivity index (χ2n) is 26.2. The Bertz CT molecular complexity index is 1730. The minimum Gasteiger partial charge on any atom is -0.462 e. The van der Waals surface area contributed by atoms with Crippen molar-refractivity contribution in [1.82, 2.24) is 0 Å². The first kappa shape index (κ1) is 87.1. The van der Waals surface area contributed by atoms with Crippen molar-refractivity contribution in [1.29, 1.82) is 0 Å². The topological polar surface area (TPSA) is 237 Å². The van der Waals surface area contributed by atoms with E-state index in [1.807, 2.05) is 0 Å². The van der Waals surface area contributed by atoms with Crippen molar-refractivity contribution in [2.75, 3.05) is 39.6 Å². The van der Waals surface area contributed by atoms with Crippen LogP contribution in [-0.4, -0.2) is 96.7 Å². The molecule has 0 rings (SSSR count). The summed E-state index contributed by atoms with van der Waals surface area (Å²) in [6.07, 6.45) is 47.2. The maximum absolute atomic E-state index is 13.0. The monoisotopic (exact) mass is 1310 g/mol. The fourth-order valence-corrected chi connectivity index (χ4v) is 12.2. The van der Waals surface area contributed by atoms with Gasteiger partial charge in [-0.2, -0.15) is 0 Å². The van der Waals surface area contributed by atoms with E-state index in [4.69, 9.17) is 37.0 Å². The summed E-state index contributed by atoms with van der Waals surface area (Å²) < 4.78 is 68.2. The van der Waals surface area contributed by atoms with E-state index in [-0.39, 0.29) is 25.7 Å². The molecule has 5 atom stereocenters. The van der Waals surface area contributed by atoms with E-state index in [1.165, 1.54) is 167 Å². The zero-order chi connectivity index (χ0) is 65.7. The average molecular weight is 1310 g/mol. The lowest BCUT2D eigenvalue weighted by atomic mass is 10.0. The van der Waals surface area contributed by atoms with Crippen LogP contribution < -0.4 is 0 Å². The molecule has 19 heteroatoms. The molecule has 0 radical (unpaired) electrons. The van der Waals surface area contributed by atoms with Crippen LogP contribution in [-0.2, 0) is 65.4 Å². The van der Waals surface area contributed by atoms with E-state index in [2.05, 4.69) is 41.5 Å². The SMILES string of the molecule is CCCCCCCCCCCCCCCCCCC(=O)O[C@H](COC(=O)CCCCCCCCCCCCC(C)C)COP(=O)(O)OC[C@@H](O)COP(=O)(O)OC[C@@H](COC(=O)CCCCCCCCCC)OC(=O)CCCCCCCCCCCC(C)C. The molecule has 0 saturated carbocycles. The van der Waals surface area contributed by atoms with Crippen LogP contribution in [0, 0.1) is 11.8 Å². The van der Waals surface area contributed by atoms with Crippen molar-refractivity contribution < 1.29 is 80.2 Å². The highest BCUT2D eigenvalue weighted by Gasteiger charge is 2.30. The van der Waals surface area contributed by atoms with Crippen molar-refractivity contribution >= 4 is 39.5 Å². The van der Waals surface area contributed by atoms with Crippen molar-refractivity contribution in [3.05, 3.63) is 0 Å². The third-order valence-corrected chi connectivity index (χ3v) is 18.1. The molecule has 2 unspecified atom stereocenters. The number of hydrogen-bond donors (Lipinski definition) is 3. The molecule has 0 fully saturated rings. The number of unbranched alkanes of at least 4 members (excludes halogenated alkanes) is 39. The summed E-state index contributed by atoms with van der Waals surface area (Å²) in [4.78, 5) is 72.5. The number of hydrogen-bond acceptors (Lipinski definition) is 15. The van der Waals surface area contributed by atoms with Crippen LogP contribution in [0.25, 0.3) is 0 Å². The van der Waals surface area contributed by atoms with Crippen molar-refractivity contribution in [2.45, 2.75) is 374 Å². The molecule has 528 valence electrons. The van der Waals surface area contributed by atoms with Gasteiger partial charge in [0.25, 0.3) is 0 Å². The first-order valence-corrected chi connectivity index (χ1v) is 39.5. The van der Waals surface area contributed by atoms with Crippen LogP contribution in [0.3, 0.4) is 0 Å². The number of aliphatic hydroxyl groups excluding tert-OH is 1. The average Bonchev–Trinajstić information content (AvgIpc) is 3.58. The fraction of sp³-hybridized carbons (Fsp3) is 0.943. The van der Waals surface area contributed by atoms with Gasteiger partial charge in [-0.3, -0.25) is 37.3 Å². The molecule has 0 aliphatic rings. The second kappa shape index (κ2) is 62.2. The van der Waals surface area contributed by atoms with Crippen molar-refractivity contribution in [3.63, 3.8) is 0 Å². The third kappa shape index (κ3) is 64.6. The Kier molecular flexibility index (Phi) is 60.8. The first-order valence-electron chi connectivity index (χ1n) is 36.5. The lowest BCUT2D eigenvalue weighted by molar-refractivity contribution is -0.161. The lowest BCUT2D eigenvalue weighted by Crippen LogP contribution is -2.30. The summed E-state index contributed by atoms with van der Waals surface area (Å²) in [6, 6.07) is 0. The van der Waals surface area contributed by atoms with Crippen molar-refractivity contribution in [2.24, 2.45) is 11.8 Å². The van der Waals surface area contributed by atoms with Crippen LogP contribution in [0.2, 0.25) is 0 Å². The van der Waals surface area contributed by atoms with E-state index in [9.17, 15) is 43.2 Å². The van der Waals surface area contributed by atoms with E-state index in [1.54, 1.807) is 0 Å². The summed E-state index contributed by atoms with van der Waals surface area (Å²) in [5.74, 6) is -0.631. The minimum atomic E-state index is -4.95. The Morgan fingerprint density at radius 1 is 0.303 bits per heavy atom. The predicted octanol–water partition coefficient (Wildman–Crippen LogP) is 20.0. The molecular weight excluding hydrogens is 1170 g/mol.